The fourth-order valence-electron chi connectivity index (χ4n) is 6.56. The Morgan fingerprint density at radius 2 is 1.62 bits per heavy atom. The van der Waals surface area contributed by atoms with Crippen molar-refractivity contribution in [3.05, 3.63) is 0 Å². The number of aliphatic carboxylic acids is 2. The first-order chi connectivity index (χ1) is 18.9. The van der Waals surface area contributed by atoms with E-state index < -0.39 is 11.9 Å². The van der Waals surface area contributed by atoms with Crippen LogP contribution in [-0.2, 0) is 14.3 Å². The second-order valence-electron chi connectivity index (χ2n) is 11.6. The zero-order chi connectivity index (χ0) is 27.6. The molecule has 4 aliphatic heterocycles. The molecule has 12 heteroatoms. The fourth-order valence-corrected chi connectivity index (χ4v) is 6.70. The van der Waals surface area contributed by atoms with E-state index in [9.17, 15) is 19.8 Å². The summed E-state index contributed by atoms with van der Waals surface area (Å²) >= 11 is 4.39. The number of hydrogen-bond acceptors (Lipinski definition) is 10. The number of aliphatic imine (C=N–C) groups is 1. The van der Waals surface area contributed by atoms with Crippen molar-refractivity contribution in [2.24, 2.45) is 4.99 Å². The van der Waals surface area contributed by atoms with Gasteiger partial charge in [-0.3, -0.25) is 24.4 Å². The SMILES string of the molecule is O=C(O)CN1CCN(CCCS)CCN(CC(=O)O)CC2COCC(N2)C2CCCC(N2)C2=NC(CCC2)C1. The molecule has 0 aromatic carbocycles. The number of nitrogens with zero attached hydrogens (tertiary/aromatic N) is 4. The molecule has 0 aromatic rings. The summed E-state index contributed by atoms with van der Waals surface area (Å²) in [6.45, 7) is 6.03. The summed E-state index contributed by atoms with van der Waals surface area (Å²) < 4.78 is 6.04. The first-order valence-corrected chi connectivity index (χ1v) is 15.4. The molecule has 5 atom stereocenters. The average molecular weight is 569 g/mol. The normalized spacial score (nSPS) is 32.5. The molecular weight excluding hydrogens is 520 g/mol. The molecule has 0 spiro atoms. The molecule has 2 saturated heterocycles. The van der Waals surface area contributed by atoms with Gasteiger partial charge in [-0.1, -0.05) is 0 Å². The monoisotopic (exact) mass is 568 g/mol. The summed E-state index contributed by atoms with van der Waals surface area (Å²) in [5.74, 6) is -0.872. The van der Waals surface area contributed by atoms with E-state index in [2.05, 4.69) is 28.2 Å². The highest BCUT2D eigenvalue weighted by molar-refractivity contribution is 7.80. The van der Waals surface area contributed by atoms with Crippen LogP contribution in [0.4, 0.5) is 0 Å². The van der Waals surface area contributed by atoms with E-state index in [0.29, 0.717) is 39.4 Å². The number of rotatable bonds is 7. The lowest BCUT2D eigenvalue weighted by atomic mass is 9.88. The van der Waals surface area contributed by atoms with Crippen LogP contribution in [0.15, 0.2) is 4.99 Å². The number of nitrogens with one attached hydrogen (secondary N) is 2. The van der Waals surface area contributed by atoms with Crippen LogP contribution in [0.2, 0.25) is 0 Å². The molecule has 4 N–H and O–H groups in total. The Kier molecular flexibility index (Phi) is 12.3. The summed E-state index contributed by atoms with van der Waals surface area (Å²) in [6, 6.07) is 0.890. The number of hydrogen-bond donors (Lipinski definition) is 5. The molecule has 0 aliphatic carbocycles. The third-order valence-electron chi connectivity index (χ3n) is 8.46. The summed E-state index contributed by atoms with van der Waals surface area (Å²) in [6.07, 6.45) is 7.28. The van der Waals surface area contributed by atoms with E-state index in [1.54, 1.807) is 0 Å². The molecule has 4 heterocycles. The standard InChI is InChI=1S/C27H48N6O5S/c34-26(35)16-32-11-9-31(8-3-13-39)10-12-33(17-27(36)37)15-21-18-38-19-25(29-21)24-7-2-6-23(30-24)22-5-1-4-20(14-32)28-22/h20-21,23-25,29-30,39H,1-19H2,(H,34,35)(H,36,37). The lowest BCUT2D eigenvalue weighted by Gasteiger charge is -2.42. The van der Waals surface area contributed by atoms with Crippen LogP contribution < -0.4 is 10.6 Å². The van der Waals surface area contributed by atoms with Crippen molar-refractivity contribution in [1.82, 2.24) is 25.3 Å². The summed E-state index contributed by atoms with van der Waals surface area (Å²) in [4.78, 5) is 35.0. The molecular formula is C27H48N6O5S. The predicted octanol–water partition coefficient (Wildman–Crippen LogP) is 0.256. The van der Waals surface area contributed by atoms with E-state index in [1.165, 1.54) is 5.71 Å². The summed E-state index contributed by atoms with van der Waals surface area (Å²) in [5, 5.41) is 26.9. The van der Waals surface area contributed by atoms with Crippen molar-refractivity contribution in [3.8, 4) is 0 Å². The van der Waals surface area contributed by atoms with Crippen molar-refractivity contribution >= 4 is 30.3 Å². The van der Waals surface area contributed by atoms with Crippen LogP contribution in [0.25, 0.3) is 0 Å². The largest absolute Gasteiger partial charge is 0.480 e. The van der Waals surface area contributed by atoms with E-state index in [1.807, 2.05) is 9.80 Å². The Morgan fingerprint density at radius 3 is 2.33 bits per heavy atom. The maximum atomic E-state index is 11.7. The number of morpholine rings is 1. The van der Waals surface area contributed by atoms with Gasteiger partial charge in [0.05, 0.1) is 32.3 Å². The van der Waals surface area contributed by atoms with E-state index in [-0.39, 0.29) is 43.3 Å². The third-order valence-corrected chi connectivity index (χ3v) is 8.77. The molecule has 4 aliphatic rings. The molecule has 0 aromatic heterocycles. The van der Waals surface area contributed by atoms with Crippen molar-refractivity contribution < 1.29 is 24.5 Å². The predicted molar refractivity (Wildman–Crippen MR) is 154 cm³/mol. The van der Waals surface area contributed by atoms with Crippen LogP contribution in [0.3, 0.4) is 0 Å². The Morgan fingerprint density at radius 1 is 0.897 bits per heavy atom. The van der Waals surface area contributed by atoms with Gasteiger partial charge in [0.15, 0.2) is 0 Å². The van der Waals surface area contributed by atoms with Crippen LogP contribution in [0, 0.1) is 0 Å². The molecule has 0 saturated carbocycles. The number of ether oxygens (including phenoxy) is 1. The Hall–Kier alpha value is -1.28. The molecule has 0 radical (unpaired) electrons. The zero-order valence-electron chi connectivity index (χ0n) is 23.2. The van der Waals surface area contributed by atoms with E-state index in [4.69, 9.17) is 9.73 Å². The number of thiol groups is 1. The van der Waals surface area contributed by atoms with Gasteiger partial charge in [0.25, 0.3) is 0 Å². The minimum atomic E-state index is -0.830. The summed E-state index contributed by atoms with van der Waals surface area (Å²) in [5.41, 5.74) is 1.24. The van der Waals surface area contributed by atoms with Gasteiger partial charge in [-0.05, 0) is 57.2 Å². The fraction of sp³-hybridized carbons (Fsp3) is 0.889. The average Bonchev–Trinajstić information content (AvgIpc) is 2.91. The van der Waals surface area contributed by atoms with Gasteiger partial charge >= 0.3 is 11.9 Å². The Balaban J connectivity index is 1.55. The minimum absolute atomic E-state index is 0.00564. The quantitative estimate of drug-likeness (QED) is 0.215. The van der Waals surface area contributed by atoms with E-state index >= 15 is 0 Å². The third kappa shape index (κ3) is 9.94. The zero-order valence-corrected chi connectivity index (χ0v) is 24.1. The highest BCUT2D eigenvalue weighted by Crippen LogP contribution is 2.24. The smallest absolute Gasteiger partial charge is 0.317 e. The van der Waals surface area contributed by atoms with Crippen molar-refractivity contribution in [2.75, 3.05) is 77.9 Å². The summed E-state index contributed by atoms with van der Waals surface area (Å²) in [7, 11) is 0. The highest BCUT2D eigenvalue weighted by atomic mass is 32.1. The lowest BCUT2D eigenvalue weighted by Crippen LogP contribution is -2.63. The maximum absolute atomic E-state index is 11.7. The first-order valence-electron chi connectivity index (χ1n) is 14.8. The first kappa shape index (κ1) is 30.7. The highest BCUT2D eigenvalue weighted by Gasteiger charge is 2.35. The molecule has 4 rings (SSSR count). The van der Waals surface area contributed by atoms with Gasteiger partial charge in [-0.25, -0.2) is 0 Å². The molecule has 39 heavy (non-hydrogen) atoms. The second-order valence-corrected chi connectivity index (χ2v) is 12.1. The van der Waals surface area contributed by atoms with Crippen LogP contribution in [-0.4, -0.2) is 151 Å². The lowest BCUT2D eigenvalue weighted by molar-refractivity contribution is -0.139. The van der Waals surface area contributed by atoms with Gasteiger partial charge in [0, 0.05) is 69.1 Å². The second kappa shape index (κ2) is 15.6. The van der Waals surface area contributed by atoms with Crippen LogP contribution in [0.1, 0.15) is 44.9 Å². The molecule has 222 valence electrons. The Labute approximate surface area is 238 Å². The van der Waals surface area contributed by atoms with E-state index in [0.717, 1.165) is 70.3 Å². The molecule has 11 nitrogen and oxygen atoms in total. The number of carboxylic acids is 2. The van der Waals surface area contributed by atoms with Gasteiger partial charge in [0.1, 0.15) is 0 Å². The van der Waals surface area contributed by atoms with Crippen LogP contribution >= 0.6 is 12.6 Å². The van der Waals surface area contributed by atoms with Gasteiger partial charge < -0.3 is 30.5 Å². The number of carbonyl (C=O) groups is 2. The molecule has 0 amide bonds. The van der Waals surface area contributed by atoms with Crippen molar-refractivity contribution in [3.63, 3.8) is 0 Å². The molecule has 5 unspecified atom stereocenters. The number of fused-ring (bicyclic) bond motifs is 7. The number of piperidine rings is 1. The topological polar surface area (TPSA) is 130 Å². The van der Waals surface area contributed by atoms with Gasteiger partial charge in [0.2, 0.25) is 0 Å². The minimum Gasteiger partial charge on any atom is -0.480 e. The van der Waals surface area contributed by atoms with Crippen molar-refractivity contribution in [2.45, 2.75) is 75.2 Å². The van der Waals surface area contributed by atoms with Gasteiger partial charge in [-0.2, -0.15) is 12.6 Å². The molecule has 6 bridgehead atoms. The molecule has 2 fully saturated rings. The van der Waals surface area contributed by atoms with Gasteiger partial charge in [-0.15, -0.1) is 0 Å². The Bertz CT molecular complexity index is 834. The van der Waals surface area contributed by atoms with Crippen LogP contribution in [0.5, 0.6) is 0 Å². The van der Waals surface area contributed by atoms with Crippen molar-refractivity contribution in [1.29, 1.82) is 0 Å². The maximum Gasteiger partial charge on any atom is 0.317 e. The number of carboxylic acid groups (broad SMARTS) is 2.